The highest BCUT2D eigenvalue weighted by atomic mass is 28.4. The van der Waals surface area contributed by atoms with Crippen molar-refractivity contribution in [1.82, 2.24) is 29.5 Å². The minimum absolute atomic E-state index is 0.326. The fourth-order valence-corrected chi connectivity index (χ4v) is 12.0. The molecule has 0 aliphatic carbocycles. The zero-order valence-electron chi connectivity index (χ0n) is 27.2. The van der Waals surface area contributed by atoms with Crippen LogP contribution in [0.15, 0.2) is 54.9 Å². The van der Waals surface area contributed by atoms with Gasteiger partial charge in [0.2, 0.25) is 8.32 Å². The van der Waals surface area contributed by atoms with Gasteiger partial charge in [-0.05, 0) is 28.3 Å². The second-order valence-corrected chi connectivity index (χ2v) is 18.0. The molecule has 5 rings (SSSR count). The number of hydrogen-bond donors (Lipinski definition) is 0. The Morgan fingerprint density at radius 3 is 2.23 bits per heavy atom. The van der Waals surface area contributed by atoms with Gasteiger partial charge in [-0.2, -0.15) is 20.2 Å². The van der Waals surface area contributed by atoms with E-state index < -0.39 is 8.32 Å². The number of aryl methyl sites for hydroxylation is 1. The highest BCUT2D eigenvalue weighted by Crippen LogP contribution is 2.43. The van der Waals surface area contributed by atoms with Crippen LogP contribution in [0.1, 0.15) is 52.8 Å². The van der Waals surface area contributed by atoms with Gasteiger partial charge in [0.1, 0.15) is 5.82 Å². The first-order valence-corrected chi connectivity index (χ1v) is 17.9. The predicted octanol–water partition coefficient (Wildman–Crippen LogP) is 6.21. The fraction of sp³-hybridized carbons (Fsp3) is 0.515. The van der Waals surface area contributed by atoms with Crippen LogP contribution in [0.5, 0.6) is 6.01 Å². The minimum Gasteiger partial charge on any atom is -0.463 e. The van der Waals surface area contributed by atoms with Gasteiger partial charge < -0.3 is 18.8 Å². The van der Waals surface area contributed by atoms with Crippen molar-refractivity contribution in [3.8, 4) is 23.1 Å². The van der Waals surface area contributed by atoms with Gasteiger partial charge in [0.25, 0.3) is 0 Å². The van der Waals surface area contributed by atoms with Gasteiger partial charge in [-0.3, -0.25) is 4.68 Å². The molecule has 1 aliphatic heterocycles. The van der Waals surface area contributed by atoms with E-state index >= 15 is 0 Å². The smallest absolute Gasteiger partial charge is 0.320 e. The molecule has 44 heavy (non-hydrogen) atoms. The molecule has 0 atom stereocenters. The Morgan fingerprint density at radius 2 is 1.59 bits per heavy atom. The van der Waals surface area contributed by atoms with Crippen LogP contribution in [-0.4, -0.2) is 70.8 Å². The van der Waals surface area contributed by atoms with Crippen molar-refractivity contribution in [3.63, 3.8) is 0 Å². The lowest BCUT2D eigenvalue weighted by molar-refractivity contribution is 0.122. The molecule has 0 bridgehead atoms. The van der Waals surface area contributed by atoms with Crippen LogP contribution in [-0.2, 0) is 29.2 Å². The van der Waals surface area contributed by atoms with Crippen molar-refractivity contribution < 1.29 is 13.9 Å². The second-order valence-electron chi connectivity index (χ2n) is 12.5. The molecule has 1 saturated heterocycles. The Bertz CT molecular complexity index is 1470. The average molecular weight is 618 g/mol. The summed E-state index contributed by atoms with van der Waals surface area (Å²) in [7, 11) is -0.215. The predicted molar refractivity (Wildman–Crippen MR) is 176 cm³/mol. The molecule has 0 radical (unpaired) electrons. The van der Waals surface area contributed by atoms with Gasteiger partial charge in [0.05, 0.1) is 44.0 Å². The first kappa shape index (κ1) is 31.9. The summed E-state index contributed by atoms with van der Waals surface area (Å²) < 4.78 is 22.6. The van der Waals surface area contributed by atoms with Crippen LogP contribution in [0.25, 0.3) is 17.1 Å². The van der Waals surface area contributed by atoms with Gasteiger partial charge in [0, 0.05) is 44.4 Å². The number of morpholine rings is 1. The molecule has 3 aromatic heterocycles. The highest BCUT2D eigenvalue weighted by molar-refractivity contribution is 6.77. The van der Waals surface area contributed by atoms with E-state index in [4.69, 9.17) is 29.0 Å². The molecule has 11 heteroatoms. The summed E-state index contributed by atoms with van der Waals surface area (Å²) >= 11 is 0. The van der Waals surface area contributed by atoms with Crippen LogP contribution in [0.2, 0.25) is 16.6 Å². The van der Waals surface area contributed by atoms with Crippen LogP contribution < -0.4 is 9.64 Å². The van der Waals surface area contributed by atoms with Crippen molar-refractivity contribution in [2.45, 2.75) is 71.2 Å². The van der Waals surface area contributed by atoms with Crippen molar-refractivity contribution >= 4 is 14.1 Å². The normalized spacial score (nSPS) is 14.3. The van der Waals surface area contributed by atoms with Gasteiger partial charge in [-0.25, -0.2) is 4.68 Å². The first-order valence-electron chi connectivity index (χ1n) is 15.8. The summed E-state index contributed by atoms with van der Waals surface area (Å²) in [4.78, 5) is 11.9. The summed E-state index contributed by atoms with van der Waals surface area (Å²) in [6.07, 6.45) is 4.56. The third-order valence-electron chi connectivity index (χ3n) is 8.64. The van der Waals surface area contributed by atoms with Crippen LogP contribution >= 0.6 is 0 Å². The van der Waals surface area contributed by atoms with Crippen LogP contribution in [0.4, 0.5) is 5.82 Å². The molecule has 1 fully saturated rings. The molecular formula is C33H47N7O3Si. The molecule has 0 spiro atoms. The van der Waals surface area contributed by atoms with E-state index in [0.29, 0.717) is 61.3 Å². The topological polar surface area (TPSA) is 92.4 Å². The SMILES string of the molecule is CC(C)[Si](OCc1cc(-c2ccccc2)nn1-c1cc(N2CCOCC2)nc(OCCc2cnn(C)c2)n1)(C(C)C)C(C)C. The van der Waals surface area contributed by atoms with Crippen molar-refractivity contribution in [2.75, 3.05) is 37.8 Å². The average Bonchev–Trinajstić information content (AvgIpc) is 3.64. The van der Waals surface area contributed by atoms with E-state index in [-0.39, 0.29) is 0 Å². The lowest BCUT2D eigenvalue weighted by atomic mass is 10.1. The summed E-state index contributed by atoms with van der Waals surface area (Å²) in [6, 6.07) is 14.7. The van der Waals surface area contributed by atoms with E-state index in [9.17, 15) is 0 Å². The summed E-state index contributed by atoms with van der Waals surface area (Å²) in [5.74, 6) is 1.46. The number of rotatable bonds is 13. The minimum atomic E-state index is -2.13. The lowest BCUT2D eigenvalue weighted by Gasteiger charge is -2.42. The van der Waals surface area contributed by atoms with E-state index in [0.717, 1.165) is 41.4 Å². The molecular weight excluding hydrogens is 570 g/mol. The molecule has 0 saturated carbocycles. The first-order chi connectivity index (χ1) is 21.2. The third-order valence-corrected chi connectivity index (χ3v) is 14.7. The Kier molecular flexibility index (Phi) is 10.2. The molecule has 4 heterocycles. The van der Waals surface area contributed by atoms with Gasteiger partial charge in [0.15, 0.2) is 5.82 Å². The Labute approximate surface area is 262 Å². The number of ether oxygens (including phenoxy) is 2. The van der Waals surface area contributed by atoms with Gasteiger partial charge >= 0.3 is 6.01 Å². The number of hydrogen-bond acceptors (Lipinski definition) is 8. The van der Waals surface area contributed by atoms with E-state index in [1.807, 2.05) is 48.4 Å². The zero-order chi connectivity index (χ0) is 31.3. The zero-order valence-corrected chi connectivity index (χ0v) is 28.2. The summed E-state index contributed by atoms with van der Waals surface area (Å²) in [5.41, 5.74) is 5.39. The molecule has 0 amide bonds. The van der Waals surface area contributed by atoms with Crippen LogP contribution in [0.3, 0.4) is 0 Å². The lowest BCUT2D eigenvalue weighted by Crippen LogP contribution is -2.47. The number of aromatic nitrogens is 6. The number of nitrogens with zero attached hydrogens (tertiary/aromatic N) is 7. The molecule has 1 aliphatic rings. The summed E-state index contributed by atoms with van der Waals surface area (Å²) in [6.45, 7) is 17.6. The standard InChI is InChI=1S/C33H47N7O3Si/c1-24(2)44(25(3)4,26(5)6)43-23-29-19-30(28-11-9-8-10-12-28)37-40(29)32-20-31(39-14-17-41-18-15-39)35-33(36-32)42-16-13-27-21-34-38(7)22-27/h8-12,19-22,24-26H,13-18,23H2,1-7H3. The highest BCUT2D eigenvalue weighted by Gasteiger charge is 2.45. The fourth-order valence-electron chi connectivity index (χ4n) is 6.56. The maximum absolute atomic E-state index is 7.07. The molecule has 1 aromatic carbocycles. The molecule has 4 aromatic rings. The Hall–Kier alpha value is -3.54. The Morgan fingerprint density at radius 1 is 0.909 bits per heavy atom. The van der Waals surface area contributed by atoms with Crippen LogP contribution in [0, 0.1) is 0 Å². The van der Waals surface area contributed by atoms with Gasteiger partial charge in [-0.1, -0.05) is 71.9 Å². The molecule has 236 valence electrons. The maximum atomic E-state index is 7.07. The largest absolute Gasteiger partial charge is 0.463 e. The number of anilines is 1. The monoisotopic (exact) mass is 617 g/mol. The third kappa shape index (κ3) is 7.05. The second kappa shape index (κ2) is 14.0. The Balaban J connectivity index is 1.53. The molecule has 10 nitrogen and oxygen atoms in total. The summed E-state index contributed by atoms with van der Waals surface area (Å²) in [5, 5.41) is 9.36. The van der Waals surface area contributed by atoms with E-state index in [2.05, 4.69) is 69.7 Å². The van der Waals surface area contributed by atoms with E-state index in [1.165, 1.54) is 0 Å². The molecule has 0 N–H and O–H groups in total. The molecule has 0 unspecified atom stereocenters. The van der Waals surface area contributed by atoms with E-state index in [1.54, 1.807) is 4.68 Å². The van der Waals surface area contributed by atoms with Crippen molar-refractivity contribution in [1.29, 1.82) is 0 Å². The van der Waals surface area contributed by atoms with Gasteiger partial charge in [-0.15, -0.1) is 0 Å². The van der Waals surface area contributed by atoms with Crippen molar-refractivity contribution in [2.24, 2.45) is 7.05 Å². The van der Waals surface area contributed by atoms with Crippen molar-refractivity contribution in [3.05, 3.63) is 66.1 Å². The quantitative estimate of drug-likeness (QED) is 0.164. The maximum Gasteiger partial charge on any atom is 0.320 e. The number of benzene rings is 1.